The van der Waals surface area contributed by atoms with Gasteiger partial charge in [0.05, 0.1) is 26.4 Å². The highest BCUT2D eigenvalue weighted by molar-refractivity contribution is 7.47. The van der Waals surface area contributed by atoms with Crippen LogP contribution in [0.2, 0.25) is 0 Å². The average molecular weight is 1430 g/mol. The molecule has 6 atom stereocenters. The molecular formula is C79H150O17P2. The Morgan fingerprint density at radius 2 is 0.602 bits per heavy atom. The minimum absolute atomic E-state index is 0.101. The van der Waals surface area contributed by atoms with Crippen molar-refractivity contribution in [2.75, 3.05) is 39.6 Å². The van der Waals surface area contributed by atoms with Crippen LogP contribution in [0, 0.1) is 11.8 Å². The second-order valence-corrected chi connectivity index (χ2v) is 31.4. The molecule has 0 bridgehead atoms. The zero-order chi connectivity index (χ0) is 72.1. The van der Waals surface area contributed by atoms with Crippen LogP contribution in [0.1, 0.15) is 388 Å². The molecule has 578 valence electrons. The number of aliphatic hydroxyl groups excluding tert-OH is 1. The molecule has 0 aliphatic carbocycles. The van der Waals surface area contributed by atoms with E-state index in [1.54, 1.807) is 0 Å². The first-order valence-electron chi connectivity index (χ1n) is 40.3. The molecule has 0 aliphatic heterocycles. The van der Waals surface area contributed by atoms with Gasteiger partial charge in [0.15, 0.2) is 12.2 Å². The molecule has 98 heavy (non-hydrogen) atoms. The van der Waals surface area contributed by atoms with Gasteiger partial charge in [-0.05, 0) is 63.2 Å². The molecule has 0 aromatic carbocycles. The van der Waals surface area contributed by atoms with Gasteiger partial charge in [-0.1, -0.05) is 336 Å². The summed E-state index contributed by atoms with van der Waals surface area (Å²) in [4.78, 5) is 72.9. The maximum atomic E-state index is 13.1. The molecule has 17 nitrogen and oxygen atoms in total. The summed E-state index contributed by atoms with van der Waals surface area (Å²) < 4.78 is 68.6. The molecule has 0 amide bonds. The van der Waals surface area contributed by atoms with Gasteiger partial charge in [-0.25, -0.2) is 9.13 Å². The lowest BCUT2D eigenvalue weighted by molar-refractivity contribution is -0.161. The molecule has 0 fully saturated rings. The van der Waals surface area contributed by atoms with Gasteiger partial charge in [0.25, 0.3) is 0 Å². The minimum atomic E-state index is -4.97. The van der Waals surface area contributed by atoms with Crippen molar-refractivity contribution in [2.45, 2.75) is 407 Å². The van der Waals surface area contributed by atoms with Gasteiger partial charge in [0, 0.05) is 25.7 Å². The maximum Gasteiger partial charge on any atom is 0.472 e. The summed E-state index contributed by atoms with van der Waals surface area (Å²) in [5, 5.41) is 10.6. The highest BCUT2D eigenvalue weighted by Gasteiger charge is 2.30. The highest BCUT2D eigenvalue weighted by Crippen LogP contribution is 2.45. The monoisotopic (exact) mass is 1430 g/mol. The van der Waals surface area contributed by atoms with Crippen LogP contribution in [0.3, 0.4) is 0 Å². The Kier molecular flexibility index (Phi) is 68.5. The zero-order valence-corrected chi connectivity index (χ0v) is 65.4. The third-order valence-electron chi connectivity index (χ3n) is 18.2. The third-order valence-corrected chi connectivity index (χ3v) is 20.1. The number of phosphoric acid groups is 2. The average Bonchev–Trinajstić information content (AvgIpc) is 0.934. The molecule has 0 spiro atoms. The Morgan fingerprint density at radius 3 is 0.918 bits per heavy atom. The number of carbonyl (C=O) groups excluding carboxylic acids is 4. The molecule has 0 radical (unpaired) electrons. The van der Waals surface area contributed by atoms with Crippen molar-refractivity contribution in [1.82, 2.24) is 0 Å². The summed E-state index contributed by atoms with van der Waals surface area (Å²) in [6.45, 7) is 9.61. The first-order valence-corrected chi connectivity index (χ1v) is 43.3. The number of hydrogen-bond acceptors (Lipinski definition) is 15. The number of allylic oxidation sites excluding steroid dienone is 4. The Balaban J connectivity index is 5.28. The predicted octanol–water partition coefficient (Wildman–Crippen LogP) is 23.1. The smallest absolute Gasteiger partial charge is 0.462 e. The lowest BCUT2D eigenvalue weighted by Crippen LogP contribution is -2.30. The van der Waals surface area contributed by atoms with Crippen molar-refractivity contribution < 1.29 is 80.2 Å². The number of unbranched alkanes of at least 4 members (excludes halogenated alkanes) is 42. The second-order valence-electron chi connectivity index (χ2n) is 28.5. The largest absolute Gasteiger partial charge is 0.472 e. The van der Waals surface area contributed by atoms with E-state index in [0.717, 1.165) is 121 Å². The number of ether oxygens (including phenoxy) is 4. The highest BCUT2D eigenvalue weighted by atomic mass is 31.2. The summed E-state index contributed by atoms with van der Waals surface area (Å²) in [7, 11) is -9.93. The second kappa shape index (κ2) is 70.2. The van der Waals surface area contributed by atoms with E-state index in [-0.39, 0.29) is 25.7 Å². The van der Waals surface area contributed by atoms with Crippen LogP contribution in [-0.2, 0) is 65.4 Å². The van der Waals surface area contributed by atoms with Crippen molar-refractivity contribution >= 4 is 39.5 Å². The fourth-order valence-electron chi connectivity index (χ4n) is 11.6. The zero-order valence-electron chi connectivity index (χ0n) is 63.6. The van der Waals surface area contributed by atoms with E-state index in [1.165, 1.54) is 186 Å². The Bertz CT molecular complexity index is 1990. The van der Waals surface area contributed by atoms with Crippen molar-refractivity contribution in [3.8, 4) is 0 Å². The first-order chi connectivity index (χ1) is 47.4. The molecule has 0 rings (SSSR count). The lowest BCUT2D eigenvalue weighted by Gasteiger charge is -2.21. The molecule has 3 N–H and O–H groups in total. The fourth-order valence-corrected chi connectivity index (χ4v) is 13.2. The number of hydrogen-bond donors (Lipinski definition) is 3. The van der Waals surface area contributed by atoms with Crippen LogP contribution >= 0.6 is 15.6 Å². The first kappa shape index (κ1) is 95.5. The summed E-state index contributed by atoms with van der Waals surface area (Å²) in [5.41, 5.74) is 0. The van der Waals surface area contributed by atoms with Gasteiger partial charge >= 0.3 is 39.5 Å². The van der Waals surface area contributed by atoms with Crippen molar-refractivity contribution in [3.63, 3.8) is 0 Å². The Morgan fingerprint density at radius 1 is 0.337 bits per heavy atom. The SMILES string of the molecule is CCCCCC/C=C\C=C/CCCCCCCC(=O)OC[C@H](COP(=O)(O)OC[C@@H](O)COP(=O)(O)OC[C@@H](COC(=O)CCCCCCCCCCCC)OC(=O)CCCCCCCCCCCCCCC(C)C)OC(=O)CCCCCCCCCCCCCCCCC(C)CC. The topological polar surface area (TPSA) is 237 Å². The maximum absolute atomic E-state index is 13.1. The summed E-state index contributed by atoms with van der Waals surface area (Å²) >= 11 is 0. The van der Waals surface area contributed by atoms with E-state index in [9.17, 15) is 43.2 Å². The molecule has 0 aromatic rings. The number of carbonyl (C=O) groups is 4. The van der Waals surface area contributed by atoms with Gasteiger partial charge < -0.3 is 33.8 Å². The van der Waals surface area contributed by atoms with E-state index in [2.05, 4.69) is 65.8 Å². The van der Waals surface area contributed by atoms with E-state index in [1.807, 2.05) is 0 Å². The molecule has 0 saturated heterocycles. The van der Waals surface area contributed by atoms with Gasteiger partial charge in [-0.15, -0.1) is 0 Å². The molecule has 0 heterocycles. The molecule has 0 saturated carbocycles. The molecule has 19 heteroatoms. The van der Waals surface area contributed by atoms with Gasteiger partial charge in [-0.3, -0.25) is 37.3 Å². The summed E-state index contributed by atoms with van der Waals surface area (Å²) in [6, 6.07) is 0. The van der Waals surface area contributed by atoms with E-state index in [4.69, 9.17) is 37.0 Å². The van der Waals surface area contributed by atoms with E-state index in [0.29, 0.717) is 25.7 Å². The van der Waals surface area contributed by atoms with Crippen LogP contribution in [0.4, 0.5) is 0 Å². The van der Waals surface area contributed by atoms with Gasteiger partial charge in [-0.2, -0.15) is 0 Å². The van der Waals surface area contributed by atoms with Crippen LogP contribution in [0.5, 0.6) is 0 Å². The standard InChI is InChI=1S/C79H150O17P2/c1-7-10-12-14-16-18-20-21-22-26-32-38-44-50-56-62-77(82)90-68-75(96-78(83)63-57-51-45-39-33-27-24-23-25-31-36-42-48-54-60-72(6)9-3)70-94-98(87,88)92-66-73(80)65-91-97(85,86)93-69-74(67-89-76(81)61-55-49-43-37-19-17-15-13-11-8-2)95-79(84)64-58-52-46-40-34-29-28-30-35-41-47-53-59-71(4)5/h18,20-22,71-75,80H,7-17,19,23-70H2,1-6H3,(H,85,86)(H,87,88)/b20-18-,22-21-/t72?,73-,74+,75+/m0/s1. The van der Waals surface area contributed by atoms with Crippen LogP contribution < -0.4 is 0 Å². The molecular weight excluding hydrogens is 1280 g/mol. The Hall–Kier alpha value is -2.46. The van der Waals surface area contributed by atoms with Crippen LogP contribution in [0.15, 0.2) is 24.3 Å². The van der Waals surface area contributed by atoms with E-state index < -0.39 is 97.5 Å². The van der Waals surface area contributed by atoms with Crippen molar-refractivity contribution in [1.29, 1.82) is 0 Å². The van der Waals surface area contributed by atoms with Crippen molar-refractivity contribution in [3.05, 3.63) is 24.3 Å². The minimum Gasteiger partial charge on any atom is -0.462 e. The number of esters is 4. The molecule has 0 aromatic heterocycles. The third kappa shape index (κ3) is 70.6. The normalized spacial score (nSPS) is 14.4. The quantitative estimate of drug-likeness (QED) is 0.0169. The van der Waals surface area contributed by atoms with Gasteiger partial charge in [0.2, 0.25) is 0 Å². The molecule has 0 aliphatic rings. The van der Waals surface area contributed by atoms with Gasteiger partial charge in [0.1, 0.15) is 19.3 Å². The fraction of sp³-hybridized carbons (Fsp3) is 0.899. The predicted molar refractivity (Wildman–Crippen MR) is 400 cm³/mol. The van der Waals surface area contributed by atoms with Crippen LogP contribution in [0.25, 0.3) is 0 Å². The number of phosphoric ester groups is 2. The molecule has 3 unspecified atom stereocenters. The lowest BCUT2D eigenvalue weighted by atomic mass is 9.99. The van der Waals surface area contributed by atoms with Crippen molar-refractivity contribution in [2.24, 2.45) is 11.8 Å². The van der Waals surface area contributed by atoms with Crippen LogP contribution in [-0.4, -0.2) is 96.7 Å². The number of aliphatic hydroxyl groups is 1. The number of rotatable bonds is 76. The summed E-state index contributed by atoms with van der Waals surface area (Å²) in [6.07, 6.45) is 61.7. The van der Waals surface area contributed by atoms with E-state index >= 15 is 0 Å². The Labute approximate surface area is 599 Å². The summed E-state index contributed by atoms with van der Waals surface area (Å²) in [5.74, 6) is -0.522.